The minimum absolute atomic E-state index is 0.0107. The number of carbonyl (C=O) groups excluding carboxylic acids is 1. The highest BCUT2D eigenvalue weighted by Crippen LogP contribution is 2.03. The van der Waals surface area contributed by atoms with Gasteiger partial charge in [-0.1, -0.05) is 6.92 Å². The number of likely N-dealkylation sites (N-methyl/N-ethyl adjacent to an activating group) is 1. The standard InChI is InChI=1S/C10H22N2O2S/c1-5-9(7-15-4)11-10(14)12(3)8(2)6-13/h8-9,13H,5-7H2,1-4H3,(H,11,14). The number of nitrogens with one attached hydrogen (secondary N) is 1. The Labute approximate surface area is 96.4 Å². The van der Waals surface area contributed by atoms with Crippen LogP contribution in [0.4, 0.5) is 4.79 Å². The summed E-state index contributed by atoms with van der Waals surface area (Å²) in [6, 6.07) is -0.0462. The van der Waals surface area contributed by atoms with Gasteiger partial charge in [-0.05, 0) is 19.6 Å². The fourth-order valence-electron chi connectivity index (χ4n) is 1.06. The van der Waals surface area contributed by atoms with Crippen molar-refractivity contribution in [1.82, 2.24) is 10.2 Å². The normalized spacial score (nSPS) is 14.5. The Hall–Kier alpha value is -0.420. The molecular weight excluding hydrogens is 212 g/mol. The predicted octanol–water partition coefficient (Wildman–Crippen LogP) is 1.15. The van der Waals surface area contributed by atoms with Crippen LogP contribution in [0.25, 0.3) is 0 Å². The molecule has 0 saturated carbocycles. The van der Waals surface area contributed by atoms with E-state index >= 15 is 0 Å². The lowest BCUT2D eigenvalue weighted by Crippen LogP contribution is -2.48. The van der Waals surface area contributed by atoms with Crippen LogP contribution in [-0.2, 0) is 0 Å². The second-order valence-corrected chi connectivity index (χ2v) is 4.56. The molecule has 0 aliphatic carbocycles. The van der Waals surface area contributed by atoms with Crippen LogP contribution in [-0.4, -0.2) is 53.8 Å². The average Bonchev–Trinajstić information content (AvgIpc) is 2.26. The number of hydrogen-bond acceptors (Lipinski definition) is 3. The molecule has 0 aromatic heterocycles. The van der Waals surface area contributed by atoms with Crippen molar-refractivity contribution in [2.45, 2.75) is 32.4 Å². The number of urea groups is 1. The highest BCUT2D eigenvalue weighted by atomic mass is 32.2. The molecule has 2 amide bonds. The van der Waals surface area contributed by atoms with Crippen molar-refractivity contribution in [3.63, 3.8) is 0 Å². The Morgan fingerprint density at radius 2 is 2.20 bits per heavy atom. The molecule has 0 aromatic carbocycles. The number of aliphatic hydroxyl groups excluding tert-OH is 1. The second kappa shape index (κ2) is 7.82. The Morgan fingerprint density at radius 3 is 2.60 bits per heavy atom. The molecule has 0 aliphatic heterocycles. The predicted molar refractivity (Wildman–Crippen MR) is 65.3 cm³/mol. The van der Waals surface area contributed by atoms with E-state index in [-0.39, 0.29) is 24.7 Å². The van der Waals surface area contributed by atoms with Gasteiger partial charge in [-0.3, -0.25) is 0 Å². The van der Waals surface area contributed by atoms with Crippen LogP contribution in [0, 0.1) is 0 Å². The van der Waals surface area contributed by atoms with E-state index in [0.29, 0.717) is 0 Å². The van der Waals surface area contributed by atoms with E-state index < -0.39 is 0 Å². The maximum absolute atomic E-state index is 11.7. The van der Waals surface area contributed by atoms with Gasteiger partial charge in [-0.2, -0.15) is 11.8 Å². The number of rotatable bonds is 6. The Morgan fingerprint density at radius 1 is 1.60 bits per heavy atom. The summed E-state index contributed by atoms with van der Waals surface area (Å²) in [5.41, 5.74) is 0. The van der Waals surface area contributed by atoms with Gasteiger partial charge in [0.05, 0.1) is 12.6 Å². The largest absolute Gasteiger partial charge is 0.394 e. The number of nitrogens with zero attached hydrogens (tertiary/aromatic N) is 1. The third-order valence-corrected chi connectivity index (χ3v) is 3.17. The van der Waals surface area contributed by atoms with Crippen LogP contribution in [0.2, 0.25) is 0 Å². The number of hydrogen-bond donors (Lipinski definition) is 2. The summed E-state index contributed by atoms with van der Waals surface area (Å²) in [4.78, 5) is 13.2. The van der Waals surface area contributed by atoms with Crippen LogP contribution >= 0.6 is 11.8 Å². The lowest BCUT2D eigenvalue weighted by Gasteiger charge is -2.26. The zero-order valence-corrected chi connectivity index (χ0v) is 10.8. The first-order valence-electron chi connectivity index (χ1n) is 5.19. The quantitative estimate of drug-likeness (QED) is 0.725. The van der Waals surface area contributed by atoms with Gasteiger partial charge in [0.15, 0.2) is 0 Å². The summed E-state index contributed by atoms with van der Waals surface area (Å²) < 4.78 is 0. The first kappa shape index (κ1) is 14.6. The molecule has 90 valence electrons. The van der Waals surface area contributed by atoms with Gasteiger partial charge in [0, 0.05) is 18.8 Å². The van der Waals surface area contributed by atoms with Gasteiger partial charge in [-0.15, -0.1) is 0 Å². The van der Waals surface area contributed by atoms with Crippen molar-refractivity contribution < 1.29 is 9.90 Å². The maximum atomic E-state index is 11.7. The molecular formula is C10H22N2O2S. The minimum atomic E-state index is -0.142. The molecule has 2 unspecified atom stereocenters. The van der Waals surface area contributed by atoms with Crippen molar-refractivity contribution in [2.75, 3.05) is 25.7 Å². The van der Waals surface area contributed by atoms with E-state index in [1.54, 1.807) is 18.8 Å². The van der Waals surface area contributed by atoms with Gasteiger partial charge in [-0.25, -0.2) is 4.79 Å². The van der Waals surface area contributed by atoms with Crippen LogP contribution < -0.4 is 5.32 Å². The molecule has 0 spiro atoms. The smallest absolute Gasteiger partial charge is 0.317 e. The van der Waals surface area contributed by atoms with E-state index in [2.05, 4.69) is 12.2 Å². The van der Waals surface area contributed by atoms with Crippen LogP contribution in [0.1, 0.15) is 20.3 Å². The molecule has 2 N–H and O–H groups in total. The Bertz CT molecular complexity index is 190. The molecule has 0 radical (unpaired) electrons. The van der Waals surface area contributed by atoms with Crippen LogP contribution in [0.15, 0.2) is 0 Å². The van der Waals surface area contributed by atoms with E-state index in [1.165, 1.54) is 4.90 Å². The molecule has 5 heteroatoms. The monoisotopic (exact) mass is 234 g/mol. The van der Waals surface area contributed by atoms with Gasteiger partial charge in [0.25, 0.3) is 0 Å². The van der Waals surface area contributed by atoms with Gasteiger partial charge in [0.1, 0.15) is 0 Å². The van der Waals surface area contributed by atoms with E-state index in [1.807, 2.05) is 13.2 Å². The first-order valence-corrected chi connectivity index (χ1v) is 6.59. The molecule has 0 saturated heterocycles. The Balaban J connectivity index is 4.09. The summed E-state index contributed by atoms with van der Waals surface area (Å²) in [6.45, 7) is 3.86. The number of amides is 2. The fraction of sp³-hybridized carbons (Fsp3) is 0.900. The van der Waals surface area contributed by atoms with Crippen molar-refractivity contribution in [2.24, 2.45) is 0 Å². The lowest BCUT2D eigenvalue weighted by atomic mass is 10.2. The van der Waals surface area contributed by atoms with Crippen molar-refractivity contribution >= 4 is 17.8 Å². The molecule has 15 heavy (non-hydrogen) atoms. The molecule has 4 nitrogen and oxygen atoms in total. The summed E-state index contributed by atoms with van der Waals surface area (Å²) >= 11 is 1.72. The zero-order chi connectivity index (χ0) is 11.8. The topological polar surface area (TPSA) is 52.6 Å². The molecule has 0 aromatic rings. The van der Waals surface area contributed by atoms with Crippen molar-refractivity contribution in [3.8, 4) is 0 Å². The van der Waals surface area contributed by atoms with E-state index in [0.717, 1.165) is 12.2 Å². The number of thioether (sulfide) groups is 1. The van der Waals surface area contributed by atoms with Gasteiger partial charge >= 0.3 is 6.03 Å². The SMILES string of the molecule is CCC(CSC)NC(=O)N(C)C(C)CO. The molecule has 0 aliphatic rings. The number of carbonyl (C=O) groups is 1. The number of aliphatic hydroxyl groups is 1. The summed E-state index contributed by atoms with van der Waals surface area (Å²) in [5, 5.41) is 11.9. The fourth-order valence-corrected chi connectivity index (χ4v) is 1.78. The van der Waals surface area contributed by atoms with Crippen molar-refractivity contribution in [1.29, 1.82) is 0 Å². The molecule has 0 rings (SSSR count). The minimum Gasteiger partial charge on any atom is -0.394 e. The van der Waals surface area contributed by atoms with E-state index in [9.17, 15) is 4.79 Å². The van der Waals surface area contributed by atoms with Crippen LogP contribution in [0.5, 0.6) is 0 Å². The lowest BCUT2D eigenvalue weighted by molar-refractivity contribution is 0.155. The maximum Gasteiger partial charge on any atom is 0.317 e. The third-order valence-electron chi connectivity index (χ3n) is 2.43. The average molecular weight is 234 g/mol. The molecule has 2 atom stereocenters. The van der Waals surface area contributed by atoms with Crippen LogP contribution in [0.3, 0.4) is 0 Å². The second-order valence-electron chi connectivity index (χ2n) is 3.65. The summed E-state index contributed by atoms with van der Waals surface area (Å²) in [6.07, 6.45) is 2.95. The van der Waals surface area contributed by atoms with Crippen molar-refractivity contribution in [3.05, 3.63) is 0 Å². The van der Waals surface area contributed by atoms with E-state index in [4.69, 9.17) is 5.11 Å². The van der Waals surface area contributed by atoms with Gasteiger partial charge < -0.3 is 15.3 Å². The third kappa shape index (κ3) is 5.28. The highest BCUT2D eigenvalue weighted by molar-refractivity contribution is 7.98. The summed E-state index contributed by atoms with van der Waals surface area (Å²) in [5.74, 6) is 0.920. The zero-order valence-electron chi connectivity index (χ0n) is 9.99. The highest BCUT2D eigenvalue weighted by Gasteiger charge is 2.17. The van der Waals surface area contributed by atoms with Gasteiger partial charge in [0.2, 0.25) is 0 Å². The molecule has 0 heterocycles. The summed E-state index contributed by atoms with van der Waals surface area (Å²) in [7, 11) is 1.70. The molecule has 0 fully saturated rings. The first-order chi connectivity index (χ1) is 7.06. The molecule has 0 bridgehead atoms. The Kier molecular flexibility index (Phi) is 7.60.